The lowest BCUT2D eigenvalue weighted by molar-refractivity contribution is 0.128. The number of rotatable bonds is 4. The Kier molecular flexibility index (Phi) is 3.54. The standard InChI is InChI=1S/C12H19N7/c1-2-19-11(13-9-16-19)7-18-6-4-3-5-10(18)12-14-8-15-17-12/h8-10H,2-7H2,1H3,(H,14,15,17). The molecular formula is C12H19N7. The number of H-pyrrole nitrogens is 1. The first kappa shape index (κ1) is 12.3. The van der Waals surface area contributed by atoms with Crippen LogP contribution >= 0.6 is 0 Å². The first-order valence-electron chi connectivity index (χ1n) is 6.84. The molecule has 1 unspecified atom stereocenters. The Morgan fingerprint density at radius 2 is 2.26 bits per heavy atom. The van der Waals surface area contributed by atoms with Crippen molar-refractivity contribution < 1.29 is 0 Å². The highest BCUT2D eigenvalue weighted by molar-refractivity contribution is 4.97. The molecule has 0 saturated carbocycles. The van der Waals surface area contributed by atoms with Crippen molar-refractivity contribution in [1.82, 2.24) is 34.8 Å². The van der Waals surface area contributed by atoms with Crippen LogP contribution in [0.25, 0.3) is 0 Å². The number of aromatic nitrogens is 6. The van der Waals surface area contributed by atoms with Gasteiger partial charge in [-0.2, -0.15) is 10.2 Å². The molecule has 3 rings (SSSR count). The summed E-state index contributed by atoms with van der Waals surface area (Å²) >= 11 is 0. The Hall–Kier alpha value is -1.76. The molecule has 7 nitrogen and oxygen atoms in total. The van der Waals surface area contributed by atoms with Crippen molar-refractivity contribution in [3.05, 3.63) is 24.3 Å². The fraction of sp³-hybridized carbons (Fsp3) is 0.667. The molecule has 3 heterocycles. The van der Waals surface area contributed by atoms with Gasteiger partial charge in [-0.25, -0.2) is 14.6 Å². The number of aryl methyl sites for hydroxylation is 1. The number of hydrogen-bond acceptors (Lipinski definition) is 5. The van der Waals surface area contributed by atoms with Crippen molar-refractivity contribution in [2.75, 3.05) is 6.54 Å². The minimum atomic E-state index is 0.318. The van der Waals surface area contributed by atoms with Gasteiger partial charge in [0.15, 0.2) is 0 Å². The topological polar surface area (TPSA) is 75.5 Å². The van der Waals surface area contributed by atoms with E-state index < -0.39 is 0 Å². The maximum atomic E-state index is 4.36. The van der Waals surface area contributed by atoms with Crippen LogP contribution in [-0.4, -0.2) is 41.4 Å². The summed E-state index contributed by atoms with van der Waals surface area (Å²) in [4.78, 5) is 11.1. The van der Waals surface area contributed by atoms with Crippen LogP contribution in [0.4, 0.5) is 0 Å². The Morgan fingerprint density at radius 1 is 1.32 bits per heavy atom. The molecule has 2 aromatic rings. The maximum Gasteiger partial charge on any atom is 0.141 e. The third-order valence-corrected chi connectivity index (χ3v) is 3.70. The molecule has 1 aliphatic heterocycles. The summed E-state index contributed by atoms with van der Waals surface area (Å²) in [5.74, 6) is 1.98. The molecule has 2 aromatic heterocycles. The summed E-state index contributed by atoms with van der Waals surface area (Å²) in [6, 6.07) is 0.318. The summed E-state index contributed by atoms with van der Waals surface area (Å²) in [5.41, 5.74) is 0. The van der Waals surface area contributed by atoms with Gasteiger partial charge in [0.2, 0.25) is 0 Å². The molecule has 0 spiro atoms. The molecule has 0 radical (unpaired) electrons. The molecule has 0 bridgehead atoms. The van der Waals surface area contributed by atoms with Gasteiger partial charge in [0.25, 0.3) is 0 Å². The SMILES string of the molecule is CCn1ncnc1CN1CCCCC1c1ncn[nH]1. The van der Waals surface area contributed by atoms with Gasteiger partial charge in [-0.1, -0.05) is 6.42 Å². The summed E-state index contributed by atoms with van der Waals surface area (Å²) < 4.78 is 1.95. The third-order valence-electron chi connectivity index (χ3n) is 3.70. The quantitative estimate of drug-likeness (QED) is 0.893. The molecule has 0 amide bonds. The molecule has 7 heteroatoms. The van der Waals surface area contributed by atoms with Gasteiger partial charge in [-0.3, -0.25) is 10.00 Å². The second-order valence-electron chi connectivity index (χ2n) is 4.84. The van der Waals surface area contributed by atoms with Gasteiger partial charge >= 0.3 is 0 Å². The second-order valence-corrected chi connectivity index (χ2v) is 4.84. The lowest BCUT2D eigenvalue weighted by atomic mass is 10.0. The summed E-state index contributed by atoms with van der Waals surface area (Å²) in [6.45, 7) is 4.83. The van der Waals surface area contributed by atoms with Crippen LogP contribution < -0.4 is 0 Å². The van der Waals surface area contributed by atoms with Crippen LogP contribution in [0.3, 0.4) is 0 Å². The second kappa shape index (κ2) is 5.48. The van der Waals surface area contributed by atoms with E-state index in [2.05, 4.69) is 37.1 Å². The minimum absolute atomic E-state index is 0.318. The monoisotopic (exact) mass is 261 g/mol. The van der Waals surface area contributed by atoms with Crippen molar-refractivity contribution in [3.63, 3.8) is 0 Å². The van der Waals surface area contributed by atoms with E-state index in [1.54, 1.807) is 12.7 Å². The Bertz CT molecular complexity index is 504. The largest absolute Gasteiger partial charge is 0.286 e. The van der Waals surface area contributed by atoms with Crippen LogP contribution in [0.1, 0.15) is 43.9 Å². The molecule has 19 heavy (non-hydrogen) atoms. The van der Waals surface area contributed by atoms with Crippen LogP contribution in [0, 0.1) is 0 Å². The highest BCUT2D eigenvalue weighted by Crippen LogP contribution is 2.29. The van der Waals surface area contributed by atoms with E-state index in [4.69, 9.17) is 0 Å². The van der Waals surface area contributed by atoms with Gasteiger partial charge in [-0.15, -0.1) is 0 Å². The molecule has 1 atom stereocenters. The van der Waals surface area contributed by atoms with Gasteiger partial charge in [-0.05, 0) is 26.3 Å². The smallest absolute Gasteiger partial charge is 0.141 e. The molecule has 1 aliphatic rings. The predicted octanol–water partition coefficient (Wildman–Crippen LogP) is 1.14. The molecule has 0 aliphatic carbocycles. The van der Waals surface area contributed by atoms with Gasteiger partial charge in [0, 0.05) is 6.54 Å². The van der Waals surface area contributed by atoms with Crippen LogP contribution in [-0.2, 0) is 13.1 Å². The predicted molar refractivity (Wildman–Crippen MR) is 69.1 cm³/mol. The van der Waals surface area contributed by atoms with E-state index in [0.717, 1.165) is 37.7 Å². The van der Waals surface area contributed by atoms with E-state index >= 15 is 0 Å². The molecule has 0 aromatic carbocycles. The number of nitrogens with one attached hydrogen (secondary N) is 1. The highest BCUT2D eigenvalue weighted by atomic mass is 15.4. The van der Waals surface area contributed by atoms with Crippen molar-refractivity contribution in [2.24, 2.45) is 0 Å². The fourth-order valence-corrected chi connectivity index (χ4v) is 2.72. The molecule has 102 valence electrons. The summed E-state index contributed by atoms with van der Waals surface area (Å²) in [5, 5.41) is 11.2. The first-order valence-corrected chi connectivity index (χ1v) is 6.84. The van der Waals surface area contributed by atoms with Crippen molar-refractivity contribution in [3.8, 4) is 0 Å². The van der Waals surface area contributed by atoms with E-state index in [1.807, 2.05) is 4.68 Å². The fourth-order valence-electron chi connectivity index (χ4n) is 2.72. The first-order chi connectivity index (χ1) is 9.38. The molecule has 1 saturated heterocycles. The summed E-state index contributed by atoms with van der Waals surface area (Å²) in [6.07, 6.45) is 6.80. The van der Waals surface area contributed by atoms with Gasteiger partial charge < -0.3 is 0 Å². The maximum absolute atomic E-state index is 4.36. The van der Waals surface area contributed by atoms with Gasteiger partial charge in [0.05, 0.1) is 12.6 Å². The summed E-state index contributed by atoms with van der Waals surface area (Å²) in [7, 11) is 0. The number of piperidine rings is 1. The van der Waals surface area contributed by atoms with E-state index in [-0.39, 0.29) is 0 Å². The Labute approximate surface area is 112 Å². The van der Waals surface area contributed by atoms with Crippen molar-refractivity contribution in [2.45, 2.75) is 45.3 Å². The zero-order chi connectivity index (χ0) is 13.1. The number of nitrogens with zero attached hydrogens (tertiary/aromatic N) is 6. The van der Waals surface area contributed by atoms with Crippen molar-refractivity contribution in [1.29, 1.82) is 0 Å². The Morgan fingerprint density at radius 3 is 3.05 bits per heavy atom. The van der Waals surface area contributed by atoms with E-state index in [0.29, 0.717) is 6.04 Å². The van der Waals surface area contributed by atoms with E-state index in [9.17, 15) is 0 Å². The van der Waals surface area contributed by atoms with E-state index in [1.165, 1.54) is 12.8 Å². The van der Waals surface area contributed by atoms with Crippen LogP contribution in [0.15, 0.2) is 12.7 Å². The highest BCUT2D eigenvalue weighted by Gasteiger charge is 2.27. The van der Waals surface area contributed by atoms with Gasteiger partial charge in [0.1, 0.15) is 24.3 Å². The normalized spacial score (nSPS) is 20.8. The zero-order valence-corrected chi connectivity index (χ0v) is 11.2. The number of likely N-dealkylation sites (tertiary alicyclic amines) is 1. The lowest BCUT2D eigenvalue weighted by Gasteiger charge is -2.33. The minimum Gasteiger partial charge on any atom is -0.286 e. The average molecular weight is 261 g/mol. The third kappa shape index (κ3) is 2.51. The van der Waals surface area contributed by atoms with Crippen molar-refractivity contribution >= 4 is 0 Å². The van der Waals surface area contributed by atoms with Crippen LogP contribution in [0.2, 0.25) is 0 Å². The number of aromatic amines is 1. The lowest BCUT2D eigenvalue weighted by Crippen LogP contribution is -2.34. The Balaban J connectivity index is 1.77. The average Bonchev–Trinajstić information content (AvgIpc) is 3.10. The number of hydrogen-bond donors (Lipinski definition) is 1. The molecule has 1 N–H and O–H groups in total. The zero-order valence-electron chi connectivity index (χ0n) is 11.2. The molecular weight excluding hydrogens is 242 g/mol. The van der Waals surface area contributed by atoms with Crippen LogP contribution in [0.5, 0.6) is 0 Å². The molecule has 1 fully saturated rings.